The quantitative estimate of drug-likeness (QED) is 0.841. The van der Waals surface area contributed by atoms with Gasteiger partial charge in [0.2, 0.25) is 10.0 Å². The van der Waals surface area contributed by atoms with E-state index in [0.717, 1.165) is 22.6 Å². The molecule has 0 fully saturated rings. The first kappa shape index (κ1) is 14.8. The summed E-state index contributed by atoms with van der Waals surface area (Å²) in [6.07, 6.45) is 2.99. The van der Waals surface area contributed by atoms with Gasteiger partial charge in [-0.25, -0.2) is 13.4 Å². The largest absolute Gasteiger partial charge is 0.326 e. The lowest BCUT2D eigenvalue weighted by Crippen LogP contribution is -2.37. The highest BCUT2D eigenvalue weighted by molar-refractivity contribution is 7.88. The van der Waals surface area contributed by atoms with Crippen LogP contribution in [0.2, 0.25) is 0 Å². The summed E-state index contributed by atoms with van der Waals surface area (Å²) in [5, 5.41) is 8.95. The van der Waals surface area contributed by atoms with Crippen LogP contribution in [0.3, 0.4) is 0 Å². The van der Waals surface area contributed by atoms with E-state index in [1.807, 2.05) is 19.1 Å². The van der Waals surface area contributed by atoms with Crippen LogP contribution in [-0.4, -0.2) is 35.1 Å². The van der Waals surface area contributed by atoms with Gasteiger partial charge in [0.25, 0.3) is 0 Å². The fraction of sp³-hybridized carbons (Fsp3) is 0.333. The molecular formula is C15H16N4O2S. The van der Waals surface area contributed by atoms with Crippen LogP contribution in [0.5, 0.6) is 0 Å². The van der Waals surface area contributed by atoms with Crippen LogP contribution in [0.4, 0.5) is 0 Å². The van der Waals surface area contributed by atoms with Crippen LogP contribution in [-0.2, 0) is 23.1 Å². The van der Waals surface area contributed by atoms with Crippen LogP contribution < -0.4 is 0 Å². The molecule has 0 atom stereocenters. The summed E-state index contributed by atoms with van der Waals surface area (Å²) in [7, 11) is -3.20. The molecule has 0 radical (unpaired) electrons. The number of benzene rings is 1. The first-order valence-corrected chi connectivity index (χ1v) is 8.75. The minimum atomic E-state index is -3.20. The van der Waals surface area contributed by atoms with Crippen LogP contribution in [0, 0.1) is 18.3 Å². The number of imidazole rings is 1. The summed E-state index contributed by atoms with van der Waals surface area (Å²) >= 11 is 0. The number of hydrogen-bond donors (Lipinski definition) is 0. The van der Waals surface area contributed by atoms with Gasteiger partial charge < -0.3 is 4.57 Å². The van der Waals surface area contributed by atoms with E-state index in [-0.39, 0.29) is 0 Å². The van der Waals surface area contributed by atoms with Crippen LogP contribution in [0.25, 0.3) is 11.3 Å². The lowest BCUT2D eigenvalue weighted by Gasteiger charge is -2.26. The zero-order valence-corrected chi connectivity index (χ0v) is 13.3. The van der Waals surface area contributed by atoms with E-state index >= 15 is 0 Å². The van der Waals surface area contributed by atoms with Crippen molar-refractivity contribution in [2.75, 3.05) is 12.8 Å². The van der Waals surface area contributed by atoms with Gasteiger partial charge in [0.1, 0.15) is 5.82 Å². The molecule has 2 aromatic rings. The average Bonchev–Trinajstić information content (AvgIpc) is 2.89. The maximum Gasteiger partial charge on any atom is 0.211 e. The summed E-state index contributed by atoms with van der Waals surface area (Å²) in [5.41, 5.74) is 3.62. The molecule has 1 aromatic heterocycles. The normalized spacial score (nSPS) is 15.3. The van der Waals surface area contributed by atoms with Gasteiger partial charge in [0, 0.05) is 18.7 Å². The molecule has 0 saturated heterocycles. The zero-order chi connectivity index (χ0) is 15.9. The third-order valence-electron chi connectivity index (χ3n) is 3.93. The van der Waals surface area contributed by atoms with Crippen LogP contribution in [0.1, 0.15) is 17.0 Å². The number of sulfonamides is 1. The highest BCUT2D eigenvalue weighted by Crippen LogP contribution is 2.27. The summed E-state index contributed by atoms with van der Waals surface area (Å²) < 4.78 is 26.8. The van der Waals surface area contributed by atoms with Gasteiger partial charge in [0.05, 0.1) is 36.3 Å². The summed E-state index contributed by atoms with van der Waals surface area (Å²) in [6.45, 7) is 3.29. The predicted octanol–water partition coefficient (Wildman–Crippen LogP) is 1.51. The van der Waals surface area contributed by atoms with Crippen molar-refractivity contribution >= 4 is 10.0 Å². The van der Waals surface area contributed by atoms with Crippen molar-refractivity contribution in [2.45, 2.75) is 20.0 Å². The third-order valence-corrected chi connectivity index (χ3v) is 5.18. The number of fused-ring (bicyclic) bond motifs is 1. The lowest BCUT2D eigenvalue weighted by atomic mass is 10.0. The lowest BCUT2D eigenvalue weighted by molar-refractivity contribution is 0.339. The maximum atomic E-state index is 11.7. The molecule has 7 heteroatoms. The van der Waals surface area contributed by atoms with E-state index in [0.29, 0.717) is 25.2 Å². The summed E-state index contributed by atoms with van der Waals surface area (Å²) in [4.78, 5) is 4.37. The third kappa shape index (κ3) is 2.51. The van der Waals surface area contributed by atoms with E-state index in [9.17, 15) is 8.42 Å². The highest BCUT2D eigenvalue weighted by atomic mass is 32.2. The van der Waals surface area contributed by atoms with Crippen molar-refractivity contribution in [3.63, 3.8) is 0 Å². The Hall–Kier alpha value is -2.17. The van der Waals surface area contributed by atoms with Crippen LogP contribution in [0.15, 0.2) is 24.4 Å². The minimum absolute atomic E-state index is 0.300. The Morgan fingerprint density at radius 2 is 2.09 bits per heavy atom. The second-order valence-corrected chi connectivity index (χ2v) is 7.43. The molecule has 0 unspecified atom stereocenters. The minimum Gasteiger partial charge on any atom is -0.326 e. The number of nitrogens with zero attached hydrogens (tertiary/aromatic N) is 4. The average molecular weight is 316 g/mol. The summed E-state index contributed by atoms with van der Waals surface area (Å²) in [5.74, 6) is 0.746. The molecule has 0 bridgehead atoms. The Morgan fingerprint density at radius 1 is 1.32 bits per heavy atom. The molecule has 0 aliphatic carbocycles. The van der Waals surface area contributed by atoms with E-state index in [4.69, 9.17) is 5.26 Å². The number of aromatic nitrogens is 2. The number of aryl methyl sites for hydroxylation is 1. The first-order valence-electron chi connectivity index (χ1n) is 6.91. The zero-order valence-electron chi connectivity index (χ0n) is 12.4. The van der Waals surface area contributed by atoms with Crippen molar-refractivity contribution in [3.8, 4) is 17.3 Å². The van der Waals surface area contributed by atoms with E-state index < -0.39 is 10.0 Å². The smallest absolute Gasteiger partial charge is 0.211 e. The van der Waals surface area contributed by atoms with Crippen molar-refractivity contribution in [1.29, 1.82) is 5.26 Å². The second kappa shape index (κ2) is 5.23. The van der Waals surface area contributed by atoms with Gasteiger partial charge in [-0.2, -0.15) is 9.57 Å². The molecule has 0 saturated carbocycles. The van der Waals surface area contributed by atoms with Crippen molar-refractivity contribution in [1.82, 2.24) is 13.9 Å². The van der Waals surface area contributed by atoms with E-state index in [1.54, 1.807) is 12.3 Å². The number of nitriles is 1. The Kier molecular flexibility index (Phi) is 3.51. The van der Waals surface area contributed by atoms with E-state index in [2.05, 4.69) is 15.6 Å². The van der Waals surface area contributed by atoms with Gasteiger partial charge >= 0.3 is 0 Å². The Bertz CT molecular complexity index is 877. The molecule has 1 aliphatic heterocycles. The molecule has 0 N–H and O–H groups in total. The van der Waals surface area contributed by atoms with Crippen LogP contribution >= 0.6 is 0 Å². The van der Waals surface area contributed by atoms with Gasteiger partial charge in [-0.15, -0.1) is 0 Å². The Balaban J connectivity index is 2.00. The van der Waals surface area contributed by atoms with Crippen molar-refractivity contribution < 1.29 is 8.42 Å². The standard InChI is InChI=1S/C15H16N4O2S/c1-11-7-12(8-16)3-4-13(11)14-9-17-15-10-18(22(2,20)21)5-6-19(14)15/h3-4,7,9H,5-6,10H2,1-2H3. The molecule has 0 amide bonds. The highest BCUT2D eigenvalue weighted by Gasteiger charge is 2.26. The molecule has 114 valence electrons. The van der Waals surface area contributed by atoms with Gasteiger partial charge in [-0.05, 0) is 24.6 Å². The SMILES string of the molecule is Cc1cc(C#N)ccc1-c1cnc2n1CCN(S(C)(=O)=O)C2. The second-order valence-electron chi connectivity index (χ2n) is 5.45. The Morgan fingerprint density at radius 3 is 2.73 bits per heavy atom. The molecule has 1 aromatic carbocycles. The number of rotatable bonds is 2. The molecule has 2 heterocycles. The van der Waals surface area contributed by atoms with E-state index in [1.165, 1.54) is 10.6 Å². The molecular weight excluding hydrogens is 300 g/mol. The number of hydrogen-bond acceptors (Lipinski definition) is 4. The topological polar surface area (TPSA) is 79.0 Å². The first-order chi connectivity index (χ1) is 10.4. The van der Waals surface area contributed by atoms with Gasteiger partial charge in [0.15, 0.2) is 0 Å². The molecule has 22 heavy (non-hydrogen) atoms. The predicted molar refractivity (Wildman–Crippen MR) is 82.4 cm³/mol. The van der Waals surface area contributed by atoms with Crippen molar-refractivity contribution in [2.24, 2.45) is 0 Å². The van der Waals surface area contributed by atoms with Gasteiger partial charge in [-0.1, -0.05) is 6.07 Å². The molecule has 1 aliphatic rings. The molecule has 3 rings (SSSR count). The summed E-state index contributed by atoms with van der Waals surface area (Å²) in [6, 6.07) is 7.68. The monoisotopic (exact) mass is 316 g/mol. The maximum absolute atomic E-state index is 11.7. The van der Waals surface area contributed by atoms with Gasteiger partial charge in [-0.3, -0.25) is 0 Å². The molecule has 6 nitrogen and oxygen atoms in total. The Labute approximate surface area is 129 Å². The fourth-order valence-electron chi connectivity index (χ4n) is 2.76. The van der Waals surface area contributed by atoms with Crippen molar-refractivity contribution in [3.05, 3.63) is 41.3 Å². The fourth-order valence-corrected chi connectivity index (χ4v) is 3.52. The molecule has 0 spiro atoms.